The molecule has 0 aliphatic carbocycles. The van der Waals surface area contributed by atoms with Crippen LogP contribution in [0.5, 0.6) is 5.75 Å². The Bertz CT molecular complexity index is 881. The quantitative estimate of drug-likeness (QED) is 0.885. The molecule has 146 valence electrons. The summed E-state index contributed by atoms with van der Waals surface area (Å²) in [5.74, 6) is 0.191. The van der Waals surface area contributed by atoms with Gasteiger partial charge in [-0.25, -0.2) is 0 Å². The van der Waals surface area contributed by atoms with E-state index in [0.717, 1.165) is 16.8 Å². The lowest BCUT2D eigenvalue weighted by Gasteiger charge is -2.40. The number of amides is 1. The molecule has 1 unspecified atom stereocenters. The van der Waals surface area contributed by atoms with Crippen LogP contribution in [-0.2, 0) is 4.79 Å². The molecule has 1 saturated heterocycles. The SMILES string of the molecule is Cc1cc(N2CCN(C(C(=O)N(C)C)c3ccccc3)CC2)c(O)cc1C#N. The maximum Gasteiger partial charge on any atom is 0.244 e. The van der Waals surface area contributed by atoms with Gasteiger partial charge in [-0.1, -0.05) is 30.3 Å². The first kappa shape index (κ1) is 19.7. The zero-order chi connectivity index (χ0) is 20.3. The standard InChI is InChI=1S/C22H26N4O2/c1-16-13-19(20(27)14-18(16)15-23)25-9-11-26(12-10-25)21(22(28)24(2)3)17-7-5-4-6-8-17/h4-8,13-14,21,27H,9-12H2,1-3H3. The summed E-state index contributed by atoms with van der Waals surface area (Å²) in [6, 6.07) is 15.0. The number of nitrogens with zero attached hydrogens (tertiary/aromatic N) is 4. The summed E-state index contributed by atoms with van der Waals surface area (Å²) in [5.41, 5.74) is 3.07. The van der Waals surface area contributed by atoms with E-state index in [2.05, 4.69) is 15.9 Å². The first-order valence-corrected chi connectivity index (χ1v) is 9.41. The molecule has 1 fully saturated rings. The van der Waals surface area contributed by atoms with E-state index in [0.29, 0.717) is 31.7 Å². The molecule has 28 heavy (non-hydrogen) atoms. The van der Waals surface area contributed by atoms with Gasteiger partial charge in [0.05, 0.1) is 17.3 Å². The van der Waals surface area contributed by atoms with Crippen molar-refractivity contribution in [1.29, 1.82) is 5.26 Å². The highest BCUT2D eigenvalue weighted by atomic mass is 16.3. The molecule has 1 amide bonds. The fourth-order valence-electron chi connectivity index (χ4n) is 3.67. The normalized spacial score (nSPS) is 15.7. The van der Waals surface area contributed by atoms with Gasteiger partial charge in [-0.05, 0) is 24.1 Å². The second-order valence-corrected chi connectivity index (χ2v) is 7.34. The Hall–Kier alpha value is -3.04. The molecular weight excluding hydrogens is 352 g/mol. The first-order valence-electron chi connectivity index (χ1n) is 9.41. The molecule has 1 N–H and O–H groups in total. The second kappa shape index (κ2) is 8.32. The largest absolute Gasteiger partial charge is 0.506 e. The fourth-order valence-corrected chi connectivity index (χ4v) is 3.67. The van der Waals surface area contributed by atoms with Crippen LogP contribution in [-0.4, -0.2) is 61.1 Å². The minimum atomic E-state index is -0.311. The Labute approximate surface area is 166 Å². The monoisotopic (exact) mass is 378 g/mol. The van der Waals surface area contributed by atoms with E-state index in [4.69, 9.17) is 5.26 Å². The topological polar surface area (TPSA) is 70.8 Å². The number of aryl methyl sites for hydroxylation is 1. The van der Waals surface area contributed by atoms with Gasteiger partial charge in [-0.15, -0.1) is 0 Å². The molecule has 0 saturated carbocycles. The maximum absolute atomic E-state index is 12.9. The van der Waals surface area contributed by atoms with Crippen molar-refractivity contribution >= 4 is 11.6 Å². The molecule has 0 spiro atoms. The van der Waals surface area contributed by atoms with Crippen LogP contribution in [0.4, 0.5) is 5.69 Å². The zero-order valence-electron chi connectivity index (χ0n) is 16.6. The molecule has 0 radical (unpaired) electrons. The molecule has 1 atom stereocenters. The Balaban J connectivity index is 1.79. The number of phenolic OH excluding ortho intramolecular Hbond substituents is 1. The third-order valence-electron chi connectivity index (χ3n) is 5.25. The van der Waals surface area contributed by atoms with Crippen molar-refractivity contribution in [3.8, 4) is 11.8 Å². The van der Waals surface area contributed by atoms with Crippen LogP contribution < -0.4 is 4.90 Å². The van der Waals surface area contributed by atoms with Crippen molar-refractivity contribution in [2.75, 3.05) is 45.2 Å². The van der Waals surface area contributed by atoms with Gasteiger partial charge in [-0.2, -0.15) is 5.26 Å². The van der Waals surface area contributed by atoms with Crippen molar-refractivity contribution in [3.05, 3.63) is 59.2 Å². The van der Waals surface area contributed by atoms with Crippen LogP contribution in [0.3, 0.4) is 0 Å². The first-order chi connectivity index (χ1) is 13.4. The predicted molar refractivity (Wildman–Crippen MR) is 109 cm³/mol. The van der Waals surface area contributed by atoms with E-state index in [1.165, 1.54) is 6.07 Å². The van der Waals surface area contributed by atoms with Gasteiger partial charge in [0.2, 0.25) is 5.91 Å². The predicted octanol–water partition coefficient (Wildman–Crippen LogP) is 2.52. The molecule has 1 aliphatic rings. The van der Waals surface area contributed by atoms with Gasteiger partial charge in [0.15, 0.2) is 0 Å². The van der Waals surface area contributed by atoms with Gasteiger partial charge < -0.3 is 14.9 Å². The van der Waals surface area contributed by atoms with Gasteiger partial charge in [0, 0.05) is 46.3 Å². The summed E-state index contributed by atoms with van der Waals surface area (Å²) in [6.45, 7) is 4.68. The second-order valence-electron chi connectivity index (χ2n) is 7.34. The fraction of sp³-hybridized carbons (Fsp3) is 0.364. The molecule has 1 aliphatic heterocycles. The Morgan fingerprint density at radius 2 is 1.79 bits per heavy atom. The van der Waals surface area contributed by atoms with Crippen molar-refractivity contribution < 1.29 is 9.90 Å². The number of rotatable bonds is 4. The number of carbonyl (C=O) groups excluding carboxylic acids is 1. The maximum atomic E-state index is 12.9. The smallest absolute Gasteiger partial charge is 0.244 e. The summed E-state index contributed by atoms with van der Waals surface area (Å²) in [4.78, 5) is 18.8. The zero-order valence-corrected chi connectivity index (χ0v) is 16.6. The average Bonchev–Trinajstić information content (AvgIpc) is 2.71. The van der Waals surface area contributed by atoms with Crippen LogP contribution in [0.15, 0.2) is 42.5 Å². The van der Waals surface area contributed by atoms with E-state index in [-0.39, 0.29) is 17.7 Å². The van der Waals surface area contributed by atoms with Crippen molar-refractivity contribution in [3.63, 3.8) is 0 Å². The average molecular weight is 378 g/mol. The number of carbonyl (C=O) groups is 1. The molecule has 2 aromatic rings. The number of hydrogen-bond donors (Lipinski definition) is 1. The van der Waals surface area contributed by atoms with Crippen LogP contribution in [0.1, 0.15) is 22.7 Å². The Morgan fingerprint density at radius 1 is 1.14 bits per heavy atom. The number of hydrogen-bond acceptors (Lipinski definition) is 5. The van der Waals surface area contributed by atoms with Gasteiger partial charge >= 0.3 is 0 Å². The van der Waals surface area contributed by atoms with Crippen molar-refractivity contribution in [1.82, 2.24) is 9.80 Å². The number of likely N-dealkylation sites (N-methyl/N-ethyl adjacent to an activating group) is 1. The van der Waals surface area contributed by atoms with Crippen molar-refractivity contribution in [2.45, 2.75) is 13.0 Å². The Kier molecular flexibility index (Phi) is 5.86. The van der Waals surface area contributed by atoms with Crippen LogP contribution in [0, 0.1) is 18.3 Å². The summed E-state index contributed by atoms with van der Waals surface area (Å²) in [6.07, 6.45) is 0. The number of phenols is 1. The summed E-state index contributed by atoms with van der Waals surface area (Å²) in [5, 5.41) is 19.5. The third-order valence-corrected chi connectivity index (χ3v) is 5.25. The highest BCUT2D eigenvalue weighted by Gasteiger charge is 2.32. The minimum Gasteiger partial charge on any atom is -0.506 e. The molecule has 0 bridgehead atoms. The van der Waals surface area contributed by atoms with E-state index in [9.17, 15) is 9.90 Å². The number of benzene rings is 2. The van der Waals surface area contributed by atoms with Crippen LogP contribution >= 0.6 is 0 Å². The minimum absolute atomic E-state index is 0.0664. The van der Waals surface area contributed by atoms with Crippen molar-refractivity contribution in [2.24, 2.45) is 0 Å². The lowest BCUT2D eigenvalue weighted by atomic mass is 10.0. The number of piperazine rings is 1. The summed E-state index contributed by atoms with van der Waals surface area (Å²) in [7, 11) is 3.57. The van der Waals surface area contributed by atoms with E-state index >= 15 is 0 Å². The highest BCUT2D eigenvalue weighted by Crippen LogP contribution is 2.32. The molecular formula is C22H26N4O2. The van der Waals surface area contributed by atoms with E-state index in [1.54, 1.807) is 19.0 Å². The molecule has 2 aromatic carbocycles. The molecule has 1 heterocycles. The Morgan fingerprint density at radius 3 is 2.36 bits per heavy atom. The van der Waals surface area contributed by atoms with Crippen LogP contribution in [0.2, 0.25) is 0 Å². The van der Waals surface area contributed by atoms with Gasteiger partial charge in [0.25, 0.3) is 0 Å². The lowest BCUT2D eigenvalue weighted by molar-refractivity contribution is -0.134. The number of nitriles is 1. The number of anilines is 1. The molecule has 3 rings (SSSR count). The number of aromatic hydroxyl groups is 1. The highest BCUT2D eigenvalue weighted by molar-refractivity contribution is 5.83. The molecule has 6 nitrogen and oxygen atoms in total. The summed E-state index contributed by atoms with van der Waals surface area (Å²) >= 11 is 0. The lowest BCUT2D eigenvalue weighted by Crippen LogP contribution is -2.51. The molecule has 6 heteroatoms. The molecule has 0 aromatic heterocycles. The van der Waals surface area contributed by atoms with E-state index in [1.807, 2.05) is 43.3 Å². The van der Waals surface area contributed by atoms with Crippen LogP contribution in [0.25, 0.3) is 0 Å². The van der Waals surface area contributed by atoms with E-state index < -0.39 is 0 Å². The third kappa shape index (κ3) is 3.95. The van der Waals surface area contributed by atoms with Gasteiger partial charge in [0.1, 0.15) is 11.8 Å². The summed E-state index contributed by atoms with van der Waals surface area (Å²) < 4.78 is 0. The van der Waals surface area contributed by atoms with Gasteiger partial charge in [-0.3, -0.25) is 9.69 Å².